The smallest absolute Gasteiger partial charge is 0.202 e. The standard InChI is InChI=1S/C22H21F2N9O2/c23-19-17(1-2-18(20(19)24)35-8-5-32-3-6-34-7-4-32)33-22(29-30-31-33)16-9-14(12-28-21(16)25)15-10-26-13-27-11-15/h1-2,9-13H,3-8H2,(H2,25,28). The summed E-state index contributed by atoms with van der Waals surface area (Å²) in [5.41, 5.74) is 7.54. The lowest BCUT2D eigenvalue weighted by Gasteiger charge is -2.26. The maximum Gasteiger partial charge on any atom is 0.202 e. The van der Waals surface area contributed by atoms with E-state index in [0.29, 0.717) is 36.4 Å². The maximum atomic E-state index is 15.1. The van der Waals surface area contributed by atoms with Crippen molar-refractivity contribution in [3.63, 3.8) is 0 Å². The molecule has 35 heavy (non-hydrogen) atoms. The zero-order valence-corrected chi connectivity index (χ0v) is 18.5. The second-order valence-corrected chi connectivity index (χ2v) is 7.71. The average Bonchev–Trinajstić information content (AvgIpc) is 3.37. The normalized spacial score (nSPS) is 14.2. The number of tetrazole rings is 1. The van der Waals surface area contributed by atoms with Crippen LogP contribution in [-0.2, 0) is 4.74 Å². The van der Waals surface area contributed by atoms with Gasteiger partial charge in [-0.05, 0) is 28.6 Å². The summed E-state index contributed by atoms with van der Waals surface area (Å²) in [6.45, 7) is 3.64. The van der Waals surface area contributed by atoms with E-state index in [2.05, 4.69) is 35.4 Å². The number of nitrogens with zero attached hydrogens (tertiary/aromatic N) is 8. The first-order valence-corrected chi connectivity index (χ1v) is 10.8. The molecule has 1 saturated heterocycles. The first kappa shape index (κ1) is 22.7. The van der Waals surface area contributed by atoms with Crippen molar-refractivity contribution in [1.82, 2.24) is 40.1 Å². The summed E-state index contributed by atoms with van der Waals surface area (Å²) in [7, 11) is 0. The van der Waals surface area contributed by atoms with Crippen LogP contribution in [0.1, 0.15) is 0 Å². The van der Waals surface area contributed by atoms with Crippen LogP contribution in [0.5, 0.6) is 5.75 Å². The highest BCUT2D eigenvalue weighted by Gasteiger charge is 2.22. The zero-order valence-electron chi connectivity index (χ0n) is 18.5. The zero-order chi connectivity index (χ0) is 24.2. The van der Waals surface area contributed by atoms with Gasteiger partial charge in [0.2, 0.25) is 5.82 Å². The van der Waals surface area contributed by atoms with Gasteiger partial charge in [0.1, 0.15) is 24.4 Å². The lowest BCUT2D eigenvalue weighted by atomic mass is 10.1. The number of rotatable bonds is 7. The lowest BCUT2D eigenvalue weighted by molar-refractivity contribution is 0.0320. The highest BCUT2D eigenvalue weighted by Crippen LogP contribution is 2.31. The molecule has 3 aromatic heterocycles. The molecule has 0 saturated carbocycles. The van der Waals surface area contributed by atoms with Gasteiger partial charge >= 0.3 is 0 Å². The summed E-state index contributed by atoms with van der Waals surface area (Å²) in [5.74, 6) is -2.27. The van der Waals surface area contributed by atoms with Crippen LogP contribution in [0, 0.1) is 11.6 Å². The third-order valence-corrected chi connectivity index (χ3v) is 5.55. The van der Waals surface area contributed by atoms with Crippen molar-refractivity contribution in [1.29, 1.82) is 0 Å². The molecule has 4 heterocycles. The van der Waals surface area contributed by atoms with Gasteiger partial charge in [0.05, 0.1) is 18.8 Å². The number of aromatic nitrogens is 7. The van der Waals surface area contributed by atoms with Crippen molar-refractivity contribution in [3.8, 4) is 34.0 Å². The Bertz CT molecular complexity index is 1310. The summed E-state index contributed by atoms with van der Waals surface area (Å²) in [5, 5.41) is 11.4. The SMILES string of the molecule is Nc1ncc(-c2cncnc2)cc1-c1nnnn1-c1ccc(OCCN2CCOCC2)c(F)c1F. The first-order chi connectivity index (χ1) is 17.1. The number of nitrogens with two attached hydrogens (primary N) is 1. The number of morpholine rings is 1. The summed E-state index contributed by atoms with van der Waals surface area (Å²) in [6.07, 6.45) is 6.18. The minimum absolute atomic E-state index is 0.0907. The molecular formula is C22H21F2N9O2. The molecule has 1 aromatic carbocycles. The van der Waals surface area contributed by atoms with Gasteiger partial charge in [-0.25, -0.2) is 19.3 Å². The third kappa shape index (κ3) is 4.76. The van der Waals surface area contributed by atoms with Crippen LogP contribution in [0.15, 0.2) is 43.1 Å². The third-order valence-electron chi connectivity index (χ3n) is 5.55. The van der Waals surface area contributed by atoms with Gasteiger partial charge in [0.25, 0.3) is 0 Å². The second-order valence-electron chi connectivity index (χ2n) is 7.71. The molecule has 0 atom stereocenters. The van der Waals surface area contributed by atoms with E-state index in [1.807, 2.05) is 0 Å². The second kappa shape index (κ2) is 10.0. The Balaban J connectivity index is 1.41. The Labute approximate surface area is 198 Å². The first-order valence-electron chi connectivity index (χ1n) is 10.8. The average molecular weight is 481 g/mol. The van der Waals surface area contributed by atoms with Crippen LogP contribution in [0.4, 0.5) is 14.6 Å². The molecule has 1 aliphatic heterocycles. The Morgan fingerprint density at radius 2 is 1.83 bits per heavy atom. The summed E-state index contributed by atoms with van der Waals surface area (Å²) in [6, 6.07) is 4.37. The van der Waals surface area contributed by atoms with Crippen LogP contribution < -0.4 is 10.5 Å². The number of benzene rings is 1. The molecule has 11 nitrogen and oxygen atoms in total. The molecule has 0 bridgehead atoms. The number of pyridine rings is 1. The highest BCUT2D eigenvalue weighted by atomic mass is 19.2. The number of hydrogen-bond acceptors (Lipinski definition) is 10. The van der Waals surface area contributed by atoms with Gasteiger partial charge in [-0.15, -0.1) is 5.10 Å². The number of nitrogen functional groups attached to an aromatic ring is 1. The van der Waals surface area contributed by atoms with Crippen LogP contribution in [0.2, 0.25) is 0 Å². The Morgan fingerprint density at radius 3 is 2.63 bits per heavy atom. The highest BCUT2D eigenvalue weighted by molar-refractivity contribution is 5.76. The van der Waals surface area contributed by atoms with E-state index in [9.17, 15) is 4.39 Å². The molecule has 2 N–H and O–H groups in total. The molecule has 0 radical (unpaired) electrons. The van der Waals surface area contributed by atoms with Crippen LogP contribution >= 0.6 is 0 Å². The van der Waals surface area contributed by atoms with E-state index in [1.54, 1.807) is 24.7 Å². The number of ether oxygens (including phenoxy) is 2. The lowest BCUT2D eigenvalue weighted by Crippen LogP contribution is -2.38. The van der Waals surface area contributed by atoms with Crippen molar-refractivity contribution < 1.29 is 18.3 Å². The van der Waals surface area contributed by atoms with Gasteiger partial charge in [-0.2, -0.15) is 9.07 Å². The molecule has 0 aliphatic carbocycles. The molecule has 4 aromatic rings. The monoisotopic (exact) mass is 481 g/mol. The molecule has 5 rings (SSSR count). The van der Waals surface area contributed by atoms with Gasteiger partial charge in [0.15, 0.2) is 17.4 Å². The van der Waals surface area contributed by atoms with Gasteiger partial charge < -0.3 is 15.2 Å². The van der Waals surface area contributed by atoms with Crippen LogP contribution in [0.25, 0.3) is 28.2 Å². The molecule has 0 spiro atoms. The van der Waals surface area contributed by atoms with E-state index >= 15 is 4.39 Å². The molecule has 0 unspecified atom stereocenters. The Morgan fingerprint density at radius 1 is 1.03 bits per heavy atom. The van der Waals surface area contributed by atoms with Crippen molar-refractivity contribution in [3.05, 3.63) is 54.8 Å². The topological polar surface area (TPSA) is 130 Å². The van der Waals surface area contributed by atoms with E-state index in [-0.39, 0.29) is 29.7 Å². The maximum absolute atomic E-state index is 15.1. The largest absolute Gasteiger partial charge is 0.489 e. The van der Waals surface area contributed by atoms with Crippen molar-refractivity contribution in [2.24, 2.45) is 0 Å². The number of hydrogen-bond donors (Lipinski definition) is 1. The summed E-state index contributed by atoms with van der Waals surface area (Å²) < 4.78 is 41.8. The molecule has 1 aliphatic rings. The van der Waals surface area contributed by atoms with Crippen molar-refractivity contribution in [2.75, 3.05) is 45.2 Å². The molecule has 0 amide bonds. The van der Waals surface area contributed by atoms with E-state index < -0.39 is 11.6 Å². The quantitative estimate of drug-likeness (QED) is 0.417. The van der Waals surface area contributed by atoms with Crippen LogP contribution in [-0.4, -0.2) is 79.5 Å². The van der Waals surface area contributed by atoms with Gasteiger partial charge in [-0.3, -0.25) is 4.90 Å². The number of halogens is 2. The minimum Gasteiger partial charge on any atom is -0.489 e. The van der Waals surface area contributed by atoms with Crippen molar-refractivity contribution in [2.45, 2.75) is 0 Å². The predicted molar refractivity (Wildman–Crippen MR) is 120 cm³/mol. The fourth-order valence-corrected chi connectivity index (χ4v) is 3.68. The number of anilines is 1. The van der Waals surface area contributed by atoms with Gasteiger partial charge in [-0.1, -0.05) is 0 Å². The van der Waals surface area contributed by atoms with Crippen LogP contribution in [0.3, 0.4) is 0 Å². The molecular weight excluding hydrogens is 460 g/mol. The molecule has 180 valence electrons. The van der Waals surface area contributed by atoms with E-state index in [4.69, 9.17) is 15.2 Å². The molecule has 13 heteroatoms. The van der Waals surface area contributed by atoms with E-state index in [0.717, 1.165) is 17.8 Å². The predicted octanol–water partition coefficient (Wildman–Crippen LogP) is 1.75. The fraction of sp³-hybridized carbons (Fsp3) is 0.273. The van der Waals surface area contributed by atoms with Gasteiger partial charge in [0, 0.05) is 49.4 Å². The summed E-state index contributed by atoms with van der Waals surface area (Å²) >= 11 is 0. The summed E-state index contributed by atoms with van der Waals surface area (Å²) in [4.78, 5) is 14.3. The Hall–Kier alpha value is -4.10. The van der Waals surface area contributed by atoms with Crippen molar-refractivity contribution >= 4 is 5.82 Å². The fourth-order valence-electron chi connectivity index (χ4n) is 3.68. The minimum atomic E-state index is -1.15. The Kier molecular flexibility index (Phi) is 6.50. The molecule has 1 fully saturated rings. The van der Waals surface area contributed by atoms with E-state index in [1.165, 1.54) is 18.5 Å².